The fourth-order valence-electron chi connectivity index (χ4n) is 4.45. The summed E-state index contributed by atoms with van der Waals surface area (Å²) in [4.78, 5) is 38.5. The molecule has 4 bridgehead atoms. The molecule has 2 aliphatic heterocycles. The van der Waals surface area contributed by atoms with Crippen molar-refractivity contribution in [3.05, 3.63) is 88.0 Å². The number of ketones is 1. The molecule has 0 saturated heterocycles. The third-order valence-electron chi connectivity index (χ3n) is 6.46. The van der Waals surface area contributed by atoms with Crippen molar-refractivity contribution in [1.29, 1.82) is 0 Å². The van der Waals surface area contributed by atoms with Crippen molar-refractivity contribution in [2.24, 2.45) is 0 Å². The van der Waals surface area contributed by atoms with Gasteiger partial charge in [0.15, 0.2) is 5.78 Å². The quantitative estimate of drug-likeness (QED) is 0.328. The van der Waals surface area contributed by atoms with Gasteiger partial charge in [0.05, 0.1) is 12.2 Å². The molecule has 37 heavy (non-hydrogen) atoms. The lowest BCUT2D eigenvalue weighted by molar-refractivity contribution is -0.121. The SMILES string of the molecule is O=C1CCCCCCn2cc(nn2)COc2ccc(cc2)C(CC(=O)c2cc3ccccc3oc2=O)N1. The van der Waals surface area contributed by atoms with E-state index in [0.29, 0.717) is 23.1 Å². The second-order valence-electron chi connectivity index (χ2n) is 9.23. The molecule has 4 heterocycles. The first-order valence-corrected chi connectivity index (χ1v) is 12.5. The second kappa shape index (κ2) is 11.2. The van der Waals surface area contributed by atoms with Crippen molar-refractivity contribution in [1.82, 2.24) is 20.3 Å². The van der Waals surface area contributed by atoms with E-state index < -0.39 is 17.5 Å². The summed E-state index contributed by atoms with van der Waals surface area (Å²) in [5.74, 6) is 0.104. The lowest BCUT2D eigenvalue weighted by atomic mass is 9.97. The van der Waals surface area contributed by atoms with Gasteiger partial charge >= 0.3 is 5.63 Å². The van der Waals surface area contributed by atoms with Crippen molar-refractivity contribution in [2.75, 3.05) is 0 Å². The lowest BCUT2D eigenvalue weighted by Gasteiger charge is -2.19. The van der Waals surface area contributed by atoms with Gasteiger partial charge in [0.2, 0.25) is 5.91 Å². The number of carbonyl (C=O) groups excluding carboxylic acids is 2. The summed E-state index contributed by atoms with van der Waals surface area (Å²) < 4.78 is 13.0. The van der Waals surface area contributed by atoms with Crippen LogP contribution >= 0.6 is 0 Å². The molecule has 0 radical (unpaired) electrons. The minimum absolute atomic E-state index is 0.0274. The van der Waals surface area contributed by atoms with E-state index in [1.165, 1.54) is 0 Å². The Morgan fingerprint density at radius 2 is 1.84 bits per heavy atom. The summed E-state index contributed by atoms with van der Waals surface area (Å²) >= 11 is 0. The Hall–Kier alpha value is -4.27. The Labute approximate surface area is 213 Å². The molecule has 0 saturated carbocycles. The summed E-state index contributed by atoms with van der Waals surface area (Å²) in [7, 11) is 0. The molecule has 9 heteroatoms. The zero-order valence-corrected chi connectivity index (χ0v) is 20.4. The van der Waals surface area contributed by atoms with Gasteiger partial charge in [-0.15, -0.1) is 5.10 Å². The number of carbonyl (C=O) groups is 2. The van der Waals surface area contributed by atoms with Crippen LogP contribution in [0.25, 0.3) is 11.0 Å². The summed E-state index contributed by atoms with van der Waals surface area (Å²) in [6, 6.07) is 15.2. The van der Waals surface area contributed by atoms with E-state index in [4.69, 9.17) is 9.15 Å². The number of hydrogen-bond donors (Lipinski definition) is 1. The standard InChI is InChI=1S/C28H28N4O5/c33-25(23-15-20-7-4-5-8-26(20)37-28(23)35)16-24-19-10-12-22(13-11-19)36-18-21-17-32(31-30-21)14-6-2-1-3-9-27(34)29-24/h4-5,7-8,10-13,15,17,24H,1-3,6,9,14,16,18H2,(H,29,34). The minimum atomic E-state index is -0.684. The highest BCUT2D eigenvalue weighted by Gasteiger charge is 2.22. The molecule has 0 aliphatic carbocycles. The van der Waals surface area contributed by atoms with E-state index >= 15 is 0 Å². The number of ether oxygens (including phenoxy) is 1. The maximum Gasteiger partial charge on any atom is 0.347 e. The van der Waals surface area contributed by atoms with E-state index in [9.17, 15) is 14.4 Å². The molecule has 190 valence electrons. The van der Waals surface area contributed by atoms with Gasteiger partial charge in [0, 0.05) is 24.8 Å². The number of Topliss-reactive ketones (excluding diaryl/α,β-unsaturated/α-hetero) is 1. The Morgan fingerprint density at radius 1 is 1.03 bits per heavy atom. The van der Waals surface area contributed by atoms with Crippen LogP contribution in [0, 0.1) is 0 Å². The predicted octanol–water partition coefficient (Wildman–Crippen LogP) is 4.36. The summed E-state index contributed by atoms with van der Waals surface area (Å²) in [5.41, 5.74) is 1.20. The number of fused-ring (bicyclic) bond motifs is 12. The number of nitrogens with zero attached hydrogens (tertiary/aromatic N) is 3. The van der Waals surface area contributed by atoms with Gasteiger partial charge in [0.1, 0.15) is 29.2 Å². The molecule has 1 amide bonds. The lowest BCUT2D eigenvalue weighted by Crippen LogP contribution is -2.31. The molecular formula is C28H28N4O5. The number of benzene rings is 2. The maximum absolute atomic E-state index is 13.2. The monoisotopic (exact) mass is 500 g/mol. The number of aryl methyl sites for hydroxylation is 1. The van der Waals surface area contributed by atoms with Crippen molar-refractivity contribution >= 4 is 22.7 Å². The molecule has 1 atom stereocenters. The predicted molar refractivity (Wildman–Crippen MR) is 136 cm³/mol. The fraction of sp³-hybridized carbons (Fsp3) is 0.321. The van der Waals surface area contributed by atoms with E-state index in [1.54, 1.807) is 36.4 Å². The van der Waals surface area contributed by atoms with Gasteiger partial charge in [-0.3, -0.25) is 14.3 Å². The zero-order chi connectivity index (χ0) is 25.6. The number of aromatic nitrogens is 3. The molecule has 2 aliphatic rings. The average molecular weight is 501 g/mol. The highest BCUT2D eigenvalue weighted by Crippen LogP contribution is 2.24. The molecule has 0 spiro atoms. The molecule has 6 rings (SSSR count). The van der Waals surface area contributed by atoms with E-state index in [-0.39, 0.29) is 24.5 Å². The number of nitrogens with one attached hydrogen (secondary N) is 1. The highest BCUT2D eigenvalue weighted by atomic mass is 16.5. The summed E-state index contributed by atoms with van der Waals surface area (Å²) in [6.07, 6.45) is 5.74. The molecule has 4 aromatic rings. The smallest absolute Gasteiger partial charge is 0.347 e. The van der Waals surface area contributed by atoms with Crippen LogP contribution in [0.4, 0.5) is 0 Å². The van der Waals surface area contributed by atoms with Crippen molar-refractivity contribution < 1.29 is 18.7 Å². The van der Waals surface area contributed by atoms with Gasteiger partial charge in [-0.1, -0.05) is 48.4 Å². The Bertz CT molecular complexity index is 1460. The Morgan fingerprint density at radius 3 is 2.70 bits per heavy atom. The van der Waals surface area contributed by atoms with Gasteiger partial charge in [-0.2, -0.15) is 0 Å². The first-order valence-electron chi connectivity index (χ1n) is 12.5. The fourth-order valence-corrected chi connectivity index (χ4v) is 4.45. The largest absolute Gasteiger partial charge is 0.487 e. The molecule has 2 aromatic heterocycles. The maximum atomic E-state index is 13.2. The van der Waals surface area contributed by atoms with Crippen LogP contribution in [0.5, 0.6) is 5.75 Å². The molecule has 1 unspecified atom stereocenters. The van der Waals surface area contributed by atoms with Crippen LogP contribution in [-0.2, 0) is 17.9 Å². The Balaban J connectivity index is 1.38. The van der Waals surface area contributed by atoms with Crippen LogP contribution in [0.3, 0.4) is 0 Å². The molecule has 1 N–H and O–H groups in total. The van der Waals surface area contributed by atoms with Crippen molar-refractivity contribution in [2.45, 2.75) is 57.7 Å². The van der Waals surface area contributed by atoms with E-state index in [2.05, 4.69) is 15.6 Å². The summed E-state index contributed by atoms with van der Waals surface area (Å²) in [5, 5.41) is 12.0. The normalized spacial score (nSPS) is 17.0. The van der Waals surface area contributed by atoms with Gasteiger partial charge in [-0.05, 0) is 42.7 Å². The van der Waals surface area contributed by atoms with Crippen LogP contribution in [0.15, 0.2) is 70.0 Å². The summed E-state index contributed by atoms with van der Waals surface area (Å²) in [6.45, 7) is 1.05. The van der Waals surface area contributed by atoms with Crippen molar-refractivity contribution in [3.8, 4) is 5.75 Å². The first-order chi connectivity index (χ1) is 18.0. The van der Waals surface area contributed by atoms with Gasteiger partial charge in [0.25, 0.3) is 0 Å². The second-order valence-corrected chi connectivity index (χ2v) is 9.23. The molecule has 2 aromatic carbocycles. The van der Waals surface area contributed by atoms with Crippen LogP contribution in [-0.4, -0.2) is 26.7 Å². The number of hydrogen-bond acceptors (Lipinski definition) is 7. The Kier molecular flexibility index (Phi) is 7.39. The third-order valence-corrected chi connectivity index (χ3v) is 6.46. The van der Waals surface area contributed by atoms with E-state index in [0.717, 1.165) is 43.5 Å². The highest BCUT2D eigenvalue weighted by molar-refractivity contribution is 5.98. The topological polar surface area (TPSA) is 116 Å². The van der Waals surface area contributed by atoms with Crippen LogP contribution < -0.4 is 15.7 Å². The number of amides is 1. The van der Waals surface area contributed by atoms with Crippen molar-refractivity contribution in [3.63, 3.8) is 0 Å². The van der Waals surface area contributed by atoms with Crippen LogP contribution in [0.2, 0.25) is 0 Å². The average Bonchev–Trinajstić information content (AvgIpc) is 3.36. The molecule has 9 nitrogen and oxygen atoms in total. The zero-order valence-electron chi connectivity index (χ0n) is 20.4. The first kappa shape index (κ1) is 24.4. The number of para-hydroxylation sites is 1. The van der Waals surface area contributed by atoms with Crippen LogP contribution in [0.1, 0.15) is 66.2 Å². The molecular weight excluding hydrogens is 472 g/mol. The minimum Gasteiger partial charge on any atom is -0.487 e. The van der Waals surface area contributed by atoms with Gasteiger partial charge in [-0.25, -0.2) is 4.79 Å². The third kappa shape index (κ3) is 6.11. The van der Waals surface area contributed by atoms with Gasteiger partial charge < -0.3 is 14.5 Å². The molecule has 0 fully saturated rings. The van der Waals surface area contributed by atoms with E-state index in [1.807, 2.05) is 29.1 Å². The number of rotatable bonds is 3.